The van der Waals surface area contributed by atoms with Gasteiger partial charge in [0.15, 0.2) is 6.67 Å². The van der Waals surface area contributed by atoms with E-state index in [9.17, 15) is 26.3 Å². The van der Waals surface area contributed by atoms with E-state index in [1.165, 1.54) is 6.92 Å². The molecule has 116 valence electrons. The zero-order chi connectivity index (χ0) is 15.1. The second-order valence-electron chi connectivity index (χ2n) is 4.13. The number of rotatable bonds is 9. The van der Waals surface area contributed by atoms with Crippen LogP contribution >= 0.6 is 0 Å². The molecule has 0 saturated carbocycles. The third-order valence-corrected chi connectivity index (χ3v) is 2.39. The molecule has 0 aromatic carbocycles. The molecule has 0 amide bonds. The largest absolute Gasteiger partial charge is 0.522 e. The molecule has 0 aliphatic carbocycles. The monoisotopic (exact) mass is 296 g/mol. The molecular formula is C11H18F6O2. The maximum atomic E-state index is 12.8. The fraction of sp³-hybridized carbons (Fsp3) is 1.00. The Balaban J connectivity index is 4.53. The summed E-state index contributed by atoms with van der Waals surface area (Å²) in [5.74, 6) is 0. The Morgan fingerprint density at radius 1 is 0.947 bits per heavy atom. The quantitative estimate of drug-likeness (QED) is 0.586. The molecule has 0 N–H and O–H groups in total. The highest BCUT2D eigenvalue weighted by Gasteiger charge is 2.37. The average molecular weight is 296 g/mol. The third kappa shape index (κ3) is 9.10. The predicted molar refractivity (Wildman–Crippen MR) is 56.5 cm³/mol. The Kier molecular flexibility index (Phi) is 7.73. The fourth-order valence-corrected chi connectivity index (χ4v) is 1.60. The molecule has 0 aliphatic heterocycles. The predicted octanol–water partition coefficient (Wildman–Crippen LogP) is 4.44. The van der Waals surface area contributed by atoms with Gasteiger partial charge >= 0.3 is 12.5 Å². The number of hydrogen-bond acceptors (Lipinski definition) is 2. The minimum Gasteiger partial charge on any atom is -0.315 e. The van der Waals surface area contributed by atoms with Gasteiger partial charge in [-0.2, -0.15) is 8.78 Å². The van der Waals surface area contributed by atoms with Crippen LogP contribution in [-0.4, -0.2) is 31.4 Å². The molecule has 2 nitrogen and oxygen atoms in total. The van der Waals surface area contributed by atoms with Crippen LogP contribution in [0.3, 0.4) is 0 Å². The van der Waals surface area contributed by atoms with Crippen molar-refractivity contribution in [1.29, 1.82) is 0 Å². The summed E-state index contributed by atoms with van der Waals surface area (Å²) < 4.78 is 81.7. The summed E-state index contributed by atoms with van der Waals surface area (Å²) in [5.41, 5.74) is 0. The van der Waals surface area contributed by atoms with Crippen LogP contribution in [0.4, 0.5) is 26.3 Å². The maximum absolute atomic E-state index is 12.8. The number of alkyl halides is 6. The first-order valence-electron chi connectivity index (χ1n) is 5.99. The molecule has 0 fully saturated rings. The van der Waals surface area contributed by atoms with Crippen molar-refractivity contribution in [2.24, 2.45) is 0 Å². The van der Waals surface area contributed by atoms with E-state index in [-0.39, 0.29) is 19.3 Å². The highest BCUT2D eigenvalue weighted by molar-refractivity contribution is 4.68. The van der Waals surface area contributed by atoms with E-state index in [4.69, 9.17) is 0 Å². The molecule has 0 rings (SSSR count). The molecule has 2 unspecified atom stereocenters. The maximum Gasteiger partial charge on any atom is 0.522 e. The van der Waals surface area contributed by atoms with Gasteiger partial charge in [0.25, 0.3) is 0 Å². The van der Waals surface area contributed by atoms with Gasteiger partial charge in [-0.1, -0.05) is 20.3 Å². The Bertz CT molecular complexity index is 244. The molecule has 0 aromatic heterocycles. The Morgan fingerprint density at radius 3 is 1.89 bits per heavy atom. The zero-order valence-electron chi connectivity index (χ0n) is 10.8. The van der Waals surface area contributed by atoms with Gasteiger partial charge < -0.3 is 4.74 Å². The van der Waals surface area contributed by atoms with Gasteiger partial charge in [0, 0.05) is 6.42 Å². The summed E-state index contributed by atoms with van der Waals surface area (Å²) in [6, 6.07) is 0. The lowest BCUT2D eigenvalue weighted by Crippen LogP contribution is -2.34. The highest BCUT2D eigenvalue weighted by atomic mass is 19.4. The van der Waals surface area contributed by atoms with Crippen LogP contribution in [-0.2, 0) is 9.47 Å². The molecule has 0 bridgehead atoms. The lowest BCUT2D eigenvalue weighted by molar-refractivity contribution is -0.348. The van der Waals surface area contributed by atoms with Gasteiger partial charge in [0.2, 0.25) is 0 Å². The molecular weight excluding hydrogens is 278 g/mol. The molecule has 8 heteroatoms. The van der Waals surface area contributed by atoms with Crippen LogP contribution in [0.5, 0.6) is 0 Å². The first-order chi connectivity index (χ1) is 8.63. The fourth-order valence-electron chi connectivity index (χ4n) is 1.60. The van der Waals surface area contributed by atoms with Crippen LogP contribution < -0.4 is 0 Å². The minimum absolute atomic E-state index is 0.00964. The number of ether oxygens (including phenoxy) is 2. The average Bonchev–Trinajstić information content (AvgIpc) is 2.26. The van der Waals surface area contributed by atoms with E-state index in [0.29, 0.717) is 6.42 Å². The smallest absolute Gasteiger partial charge is 0.315 e. The van der Waals surface area contributed by atoms with Crippen LogP contribution in [0.2, 0.25) is 0 Å². The van der Waals surface area contributed by atoms with Gasteiger partial charge in [0.1, 0.15) is 0 Å². The molecule has 0 aromatic rings. The van der Waals surface area contributed by atoms with E-state index in [2.05, 4.69) is 9.47 Å². The van der Waals surface area contributed by atoms with E-state index in [1.54, 1.807) is 6.92 Å². The lowest BCUT2D eigenvalue weighted by Gasteiger charge is -2.26. The van der Waals surface area contributed by atoms with Crippen molar-refractivity contribution in [3.05, 3.63) is 0 Å². The van der Waals surface area contributed by atoms with Crippen LogP contribution in [0.25, 0.3) is 0 Å². The molecule has 2 atom stereocenters. The van der Waals surface area contributed by atoms with Crippen molar-refractivity contribution in [2.75, 3.05) is 6.67 Å². The highest BCUT2D eigenvalue weighted by Crippen LogP contribution is 2.27. The Morgan fingerprint density at radius 2 is 1.53 bits per heavy atom. The molecule has 19 heavy (non-hydrogen) atoms. The van der Waals surface area contributed by atoms with E-state index >= 15 is 0 Å². The van der Waals surface area contributed by atoms with E-state index in [1.807, 2.05) is 0 Å². The summed E-state index contributed by atoms with van der Waals surface area (Å²) in [5, 5.41) is 0. The van der Waals surface area contributed by atoms with Gasteiger partial charge in [-0.15, -0.1) is 13.2 Å². The van der Waals surface area contributed by atoms with Gasteiger partial charge in [0.05, 0.1) is 12.2 Å². The standard InChI is InChI=1S/C11H18F6O2/c1-3-5-9(18-10(13,14)7-12)6-8(4-2)19-11(15,16)17/h8-9H,3-7H2,1-2H3. The van der Waals surface area contributed by atoms with Crippen LogP contribution in [0.15, 0.2) is 0 Å². The summed E-state index contributed by atoms with van der Waals surface area (Å²) in [7, 11) is 0. The van der Waals surface area contributed by atoms with Gasteiger partial charge in [-0.05, 0) is 12.8 Å². The van der Waals surface area contributed by atoms with Crippen LogP contribution in [0, 0.1) is 0 Å². The van der Waals surface area contributed by atoms with Crippen molar-refractivity contribution in [3.8, 4) is 0 Å². The summed E-state index contributed by atoms with van der Waals surface area (Å²) in [6.07, 6.45) is -11.1. The SMILES string of the molecule is CCCC(CC(CC)OC(F)(F)F)OC(F)(F)CF. The minimum atomic E-state index is -4.83. The van der Waals surface area contributed by atoms with Gasteiger partial charge in [-0.25, -0.2) is 4.39 Å². The molecule has 0 radical (unpaired) electrons. The summed E-state index contributed by atoms with van der Waals surface area (Å²) >= 11 is 0. The van der Waals surface area contributed by atoms with Crippen LogP contribution in [0.1, 0.15) is 39.5 Å². The second kappa shape index (κ2) is 7.94. The van der Waals surface area contributed by atoms with E-state index < -0.39 is 31.4 Å². The number of halogens is 6. The molecule has 0 aliphatic rings. The van der Waals surface area contributed by atoms with Crippen molar-refractivity contribution < 1.29 is 35.8 Å². The third-order valence-electron chi connectivity index (χ3n) is 2.39. The van der Waals surface area contributed by atoms with Crippen molar-refractivity contribution in [2.45, 2.75) is 64.2 Å². The van der Waals surface area contributed by atoms with Crippen molar-refractivity contribution >= 4 is 0 Å². The number of hydrogen-bond donors (Lipinski definition) is 0. The topological polar surface area (TPSA) is 18.5 Å². The molecule has 0 saturated heterocycles. The Labute approximate surface area is 108 Å². The van der Waals surface area contributed by atoms with Crippen molar-refractivity contribution in [1.82, 2.24) is 0 Å². The first-order valence-corrected chi connectivity index (χ1v) is 5.99. The second-order valence-corrected chi connectivity index (χ2v) is 4.13. The molecule has 0 spiro atoms. The Hall–Kier alpha value is -0.500. The van der Waals surface area contributed by atoms with Gasteiger partial charge in [-0.3, -0.25) is 4.74 Å². The zero-order valence-corrected chi connectivity index (χ0v) is 10.8. The lowest BCUT2D eigenvalue weighted by atomic mass is 10.1. The van der Waals surface area contributed by atoms with Crippen molar-refractivity contribution in [3.63, 3.8) is 0 Å². The van der Waals surface area contributed by atoms with E-state index in [0.717, 1.165) is 0 Å². The first kappa shape index (κ1) is 18.5. The molecule has 0 heterocycles. The summed E-state index contributed by atoms with van der Waals surface area (Å²) in [4.78, 5) is 0. The normalized spacial score (nSPS) is 16.4. The summed E-state index contributed by atoms with van der Waals surface area (Å²) in [6.45, 7) is 1.09.